The molecule has 0 aliphatic heterocycles. The first-order chi connectivity index (χ1) is 10.5. The molecule has 0 radical (unpaired) electrons. The van der Waals surface area contributed by atoms with Crippen LogP contribution >= 0.6 is 0 Å². The molecule has 1 rings (SSSR count). The van der Waals surface area contributed by atoms with Crippen LogP contribution in [0.2, 0.25) is 0 Å². The number of allylic oxidation sites excluding steroid dienone is 4. The monoisotopic (exact) mass is 322 g/mol. The Hall–Kier alpha value is -1.88. The van der Waals surface area contributed by atoms with Crippen LogP contribution in [0, 0.1) is 0 Å². The van der Waals surface area contributed by atoms with Gasteiger partial charge in [0.1, 0.15) is 0 Å². The quantitative estimate of drug-likeness (QED) is 0.571. The molecule has 0 fully saturated rings. The van der Waals surface area contributed by atoms with E-state index in [-0.39, 0.29) is 17.7 Å². The third kappa shape index (κ3) is 3.47. The summed E-state index contributed by atoms with van der Waals surface area (Å²) in [5.41, 5.74) is 0. The minimum absolute atomic E-state index is 0.0672. The predicted octanol–water partition coefficient (Wildman–Crippen LogP) is 3.30. The number of hydrogen-bond acceptors (Lipinski definition) is 4. The van der Waals surface area contributed by atoms with Crippen molar-refractivity contribution < 1.29 is 17.9 Å². The summed E-state index contributed by atoms with van der Waals surface area (Å²) < 4.78 is 29.4. The van der Waals surface area contributed by atoms with Crippen LogP contribution in [-0.4, -0.2) is 26.2 Å². The van der Waals surface area contributed by atoms with Crippen molar-refractivity contribution in [1.82, 2.24) is 0 Å². The number of hydrogen-bond donors (Lipinski definition) is 0. The molecule has 0 atom stereocenters. The van der Waals surface area contributed by atoms with E-state index in [0.717, 1.165) is 0 Å². The first kappa shape index (κ1) is 18.2. The maximum atomic E-state index is 13.1. The molecule has 5 heteroatoms. The molecular weight excluding hydrogens is 300 g/mol. The number of carbonyl (C=O) groups is 1. The van der Waals surface area contributed by atoms with Crippen molar-refractivity contribution in [3.8, 4) is 0 Å². The van der Waals surface area contributed by atoms with Gasteiger partial charge in [0.2, 0.25) is 0 Å². The van der Waals surface area contributed by atoms with Crippen LogP contribution in [-0.2, 0) is 19.4 Å². The summed E-state index contributed by atoms with van der Waals surface area (Å²) in [6, 6.07) is 8.01. The number of esters is 1. The van der Waals surface area contributed by atoms with Crippen LogP contribution in [0.1, 0.15) is 26.7 Å². The number of carbonyl (C=O) groups excluding carboxylic acids is 1. The fourth-order valence-electron chi connectivity index (χ4n) is 2.21. The van der Waals surface area contributed by atoms with E-state index in [1.807, 2.05) is 0 Å². The van der Waals surface area contributed by atoms with E-state index in [4.69, 9.17) is 4.74 Å². The Morgan fingerprint density at radius 3 is 2.00 bits per heavy atom. The zero-order valence-corrected chi connectivity index (χ0v) is 14.0. The Morgan fingerprint density at radius 2 is 1.59 bits per heavy atom. The second-order valence-corrected chi connectivity index (χ2v) is 7.11. The highest BCUT2D eigenvalue weighted by molar-refractivity contribution is 7.93. The molecule has 4 nitrogen and oxygen atoms in total. The van der Waals surface area contributed by atoms with Gasteiger partial charge < -0.3 is 4.74 Å². The van der Waals surface area contributed by atoms with E-state index >= 15 is 0 Å². The maximum absolute atomic E-state index is 13.1. The average molecular weight is 322 g/mol. The molecule has 0 N–H and O–H groups in total. The molecule has 120 valence electrons. The van der Waals surface area contributed by atoms with Crippen molar-refractivity contribution in [2.75, 3.05) is 7.11 Å². The molecule has 0 saturated heterocycles. The van der Waals surface area contributed by atoms with E-state index in [2.05, 4.69) is 0 Å². The van der Waals surface area contributed by atoms with Gasteiger partial charge in [0.25, 0.3) is 0 Å². The highest BCUT2D eigenvalue weighted by Gasteiger charge is 2.50. The summed E-state index contributed by atoms with van der Waals surface area (Å²) in [6.45, 7) is 3.57. The minimum atomic E-state index is -3.90. The number of rotatable bonds is 7. The Bertz CT molecular complexity index is 628. The Labute approximate surface area is 132 Å². The first-order valence-electron chi connectivity index (χ1n) is 7.06. The van der Waals surface area contributed by atoms with E-state index in [9.17, 15) is 13.2 Å². The molecule has 1 aromatic rings. The second kappa shape index (κ2) is 7.94. The molecule has 0 aromatic heterocycles. The summed E-state index contributed by atoms with van der Waals surface area (Å²) in [4.78, 5) is 12.5. The Balaban J connectivity index is 3.55. The molecule has 0 heterocycles. The lowest BCUT2D eigenvalue weighted by molar-refractivity contribution is -0.143. The lowest BCUT2D eigenvalue weighted by atomic mass is 9.99. The van der Waals surface area contributed by atoms with Crippen molar-refractivity contribution in [1.29, 1.82) is 0 Å². The van der Waals surface area contributed by atoms with Crippen molar-refractivity contribution in [2.45, 2.75) is 36.3 Å². The normalized spacial score (nSPS) is 12.9. The van der Waals surface area contributed by atoms with Crippen LogP contribution in [0.25, 0.3) is 0 Å². The largest absolute Gasteiger partial charge is 0.468 e. The fourth-order valence-corrected chi connectivity index (χ4v) is 4.11. The number of ether oxygens (including phenoxy) is 1. The smallest absolute Gasteiger partial charge is 0.328 e. The number of sulfone groups is 1. The molecule has 0 aliphatic rings. The summed E-state index contributed by atoms with van der Waals surface area (Å²) in [5.74, 6) is -0.743. The third-order valence-electron chi connectivity index (χ3n) is 3.49. The summed E-state index contributed by atoms with van der Waals surface area (Å²) >= 11 is 0. The lowest BCUT2D eigenvalue weighted by Gasteiger charge is -2.28. The molecule has 0 saturated carbocycles. The first-order valence-corrected chi connectivity index (χ1v) is 8.55. The minimum Gasteiger partial charge on any atom is -0.468 e. The topological polar surface area (TPSA) is 60.4 Å². The van der Waals surface area contributed by atoms with Crippen molar-refractivity contribution >= 4 is 15.8 Å². The van der Waals surface area contributed by atoms with Crippen LogP contribution < -0.4 is 0 Å². The SMILES string of the molecule is C/C=C/CC(C/C=C/C)(C(=O)OC)S(=O)(=O)c1ccccc1. The van der Waals surface area contributed by atoms with Gasteiger partial charge in [-0.2, -0.15) is 0 Å². The highest BCUT2D eigenvalue weighted by Crippen LogP contribution is 2.34. The zero-order chi connectivity index (χ0) is 16.6. The summed E-state index contributed by atoms with van der Waals surface area (Å²) in [6.07, 6.45) is 6.96. The van der Waals surface area contributed by atoms with Crippen molar-refractivity contribution in [3.63, 3.8) is 0 Å². The van der Waals surface area contributed by atoms with E-state index < -0.39 is 20.6 Å². The van der Waals surface area contributed by atoms with Crippen LogP contribution in [0.15, 0.2) is 59.5 Å². The van der Waals surface area contributed by atoms with Crippen molar-refractivity contribution in [3.05, 3.63) is 54.6 Å². The van der Waals surface area contributed by atoms with Crippen LogP contribution in [0.4, 0.5) is 0 Å². The molecule has 0 amide bonds. The molecule has 0 bridgehead atoms. The molecule has 0 unspecified atom stereocenters. The third-order valence-corrected chi connectivity index (χ3v) is 5.91. The molecule has 22 heavy (non-hydrogen) atoms. The van der Waals surface area contributed by atoms with Gasteiger partial charge in [0.15, 0.2) is 14.6 Å². The average Bonchev–Trinajstić information content (AvgIpc) is 2.55. The summed E-state index contributed by atoms with van der Waals surface area (Å²) in [7, 11) is -2.68. The van der Waals surface area contributed by atoms with Crippen LogP contribution in [0.5, 0.6) is 0 Å². The van der Waals surface area contributed by atoms with E-state index in [1.54, 1.807) is 56.4 Å². The highest BCUT2D eigenvalue weighted by atomic mass is 32.2. The van der Waals surface area contributed by atoms with Gasteiger partial charge in [-0.1, -0.05) is 42.5 Å². The zero-order valence-electron chi connectivity index (χ0n) is 13.2. The van der Waals surface area contributed by atoms with Gasteiger partial charge in [0, 0.05) is 0 Å². The van der Waals surface area contributed by atoms with Gasteiger partial charge >= 0.3 is 5.97 Å². The lowest BCUT2D eigenvalue weighted by Crippen LogP contribution is -2.46. The van der Waals surface area contributed by atoms with Gasteiger partial charge in [-0.15, -0.1) is 0 Å². The molecule has 0 aliphatic carbocycles. The van der Waals surface area contributed by atoms with Gasteiger partial charge in [-0.05, 0) is 38.8 Å². The number of methoxy groups -OCH3 is 1. The molecular formula is C17H22O4S. The van der Waals surface area contributed by atoms with Gasteiger partial charge in [-0.3, -0.25) is 4.79 Å². The molecule has 0 spiro atoms. The fraction of sp³-hybridized carbons (Fsp3) is 0.353. The summed E-state index contributed by atoms with van der Waals surface area (Å²) in [5, 5.41) is 0. The molecule has 1 aromatic carbocycles. The van der Waals surface area contributed by atoms with Crippen LogP contribution in [0.3, 0.4) is 0 Å². The van der Waals surface area contributed by atoms with Gasteiger partial charge in [0.05, 0.1) is 12.0 Å². The van der Waals surface area contributed by atoms with Gasteiger partial charge in [-0.25, -0.2) is 8.42 Å². The van der Waals surface area contributed by atoms with E-state index in [0.29, 0.717) is 0 Å². The van der Waals surface area contributed by atoms with E-state index in [1.165, 1.54) is 19.2 Å². The predicted molar refractivity (Wildman–Crippen MR) is 87.2 cm³/mol. The van der Waals surface area contributed by atoms with Crippen molar-refractivity contribution in [2.24, 2.45) is 0 Å². The Kier molecular flexibility index (Phi) is 6.56. The Morgan fingerprint density at radius 1 is 1.09 bits per heavy atom. The standard InChI is InChI=1S/C17H22O4S/c1-4-6-13-17(14-7-5-2,16(18)21-3)22(19,20)15-11-9-8-10-12-15/h4-12H,13-14H2,1-3H3/b6-4+,7-5+. The number of benzene rings is 1. The maximum Gasteiger partial charge on any atom is 0.328 e. The second-order valence-electron chi connectivity index (χ2n) is 4.85.